The third kappa shape index (κ3) is 4.59. The third-order valence-corrected chi connectivity index (χ3v) is 7.12. The van der Waals surface area contributed by atoms with Crippen LogP contribution in [-0.2, 0) is 6.54 Å². The van der Waals surface area contributed by atoms with E-state index < -0.39 is 0 Å². The van der Waals surface area contributed by atoms with Crippen LogP contribution in [0.25, 0.3) is 21.3 Å². The summed E-state index contributed by atoms with van der Waals surface area (Å²) in [4.78, 5) is 19.9. The number of aromatic nitrogens is 1. The number of likely N-dealkylation sites (tertiary alicyclic amines) is 1. The van der Waals surface area contributed by atoms with Gasteiger partial charge in [-0.3, -0.25) is 9.69 Å². The molecule has 0 bridgehead atoms. The number of rotatable bonds is 5. The maximum Gasteiger partial charge on any atom is 0.255 e. The molecule has 0 spiro atoms. The van der Waals surface area contributed by atoms with E-state index in [-0.39, 0.29) is 5.91 Å². The minimum absolute atomic E-state index is 0.0901. The van der Waals surface area contributed by atoms with E-state index in [1.165, 1.54) is 29.5 Å². The summed E-state index contributed by atoms with van der Waals surface area (Å²) in [5.74, 6) is 0.708. The molecule has 1 aromatic heterocycles. The fraction of sp³-hybridized carbons (Fsp3) is 0.259. The molecule has 5 heteroatoms. The quantitative estimate of drug-likeness (QED) is 0.387. The maximum atomic E-state index is 13.1. The van der Waals surface area contributed by atoms with E-state index in [4.69, 9.17) is 0 Å². The predicted molar refractivity (Wildman–Crippen MR) is 133 cm³/mol. The monoisotopic (exact) mass is 441 g/mol. The molecule has 1 aliphatic heterocycles. The van der Waals surface area contributed by atoms with Gasteiger partial charge in [-0.15, -0.1) is 11.3 Å². The minimum atomic E-state index is -0.0901. The Balaban J connectivity index is 1.42. The molecule has 1 N–H and O–H groups in total. The zero-order valence-electron chi connectivity index (χ0n) is 18.3. The molecule has 0 radical (unpaired) electrons. The highest BCUT2D eigenvalue weighted by molar-refractivity contribution is 7.16. The number of carbonyl (C=O) groups is 1. The highest BCUT2D eigenvalue weighted by Gasteiger charge is 2.18. The first kappa shape index (κ1) is 20.9. The Hall–Kier alpha value is -3.02. The largest absolute Gasteiger partial charge is 0.322 e. The van der Waals surface area contributed by atoms with Crippen molar-refractivity contribution in [2.75, 3.05) is 18.4 Å². The zero-order valence-corrected chi connectivity index (χ0v) is 19.1. The summed E-state index contributed by atoms with van der Waals surface area (Å²) in [6.45, 7) is 5.42. The van der Waals surface area contributed by atoms with Gasteiger partial charge in [-0.25, -0.2) is 4.98 Å². The summed E-state index contributed by atoms with van der Waals surface area (Å²) >= 11 is 1.60. The molecule has 0 atom stereocenters. The summed E-state index contributed by atoms with van der Waals surface area (Å²) in [6, 6.07) is 22.4. The second kappa shape index (κ2) is 9.23. The molecule has 1 aliphatic rings. The number of hydrogen-bond acceptors (Lipinski definition) is 4. The average molecular weight is 442 g/mol. The summed E-state index contributed by atoms with van der Waals surface area (Å²) in [5, 5.41) is 3.05. The number of amides is 1. The van der Waals surface area contributed by atoms with Crippen LogP contribution in [0, 0.1) is 5.92 Å². The smallest absolute Gasteiger partial charge is 0.255 e. The molecule has 2 heterocycles. The van der Waals surface area contributed by atoms with Gasteiger partial charge >= 0.3 is 0 Å². The summed E-state index contributed by atoms with van der Waals surface area (Å²) < 4.78 is 1.12. The van der Waals surface area contributed by atoms with Crippen LogP contribution in [0.15, 0.2) is 72.2 Å². The Labute approximate surface area is 192 Å². The van der Waals surface area contributed by atoms with E-state index in [1.54, 1.807) is 11.3 Å². The van der Waals surface area contributed by atoms with Crippen LogP contribution in [-0.4, -0.2) is 28.9 Å². The molecule has 0 aliphatic carbocycles. The first-order chi connectivity index (χ1) is 15.7. The van der Waals surface area contributed by atoms with Crippen LogP contribution >= 0.6 is 11.3 Å². The van der Waals surface area contributed by atoms with E-state index >= 15 is 0 Å². The minimum Gasteiger partial charge on any atom is -0.322 e. The number of piperidine rings is 1. The van der Waals surface area contributed by atoms with Crippen molar-refractivity contribution in [3.05, 3.63) is 83.4 Å². The number of hydrogen-bond donors (Lipinski definition) is 1. The Morgan fingerprint density at radius 1 is 1.06 bits per heavy atom. The fourth-order valence-corrected chi connectivity index (χ4v) is 5.02. The topological polar surface area (TPSA) is 45.2 Å². The fourth-order valence-electron chi connectivity index (χ4n) is 4.37. The molecule has 1 saturated heterocycles. The molecule has 3 aromatic carbocycles. The average Bonchev–Trinajstić information content (AvgIpc) is 3.29. The van der Waals surface area contributed by atoms with Gasteiger partial charge in [0.2, 0.25) is 0 Å². The van der Waals surface area contributed by atoms with Crippen molar-refractivity contribution in [3.8, 4) is 11.1 Å². The van der Waals surface area contributed by atoms with Gasteiger partial charge in [-0.2, -0.15) is 0 Å². The first-order valence-corrected chi connectivity index (χ1v) is 12.1. The van der Waals surface area contributed by atoms with Gasteiger partial charge in [0.15, 0.2) is 0 Å². The van der Waals surface area contributed by atoms with Gasteiger partial charge in [-0.1, -0.05) is 43.3 Å². The van der Waals surface area contributed by atoms with Crippen LogP contribution < -0.4 is 5.32 Å². The molecule has 0 unspecified atom stereocenters. The molecular weight excluding hydrogens is 414 g/mol. The van der Waals surface area contributed by atoms with Crippen LogP contribution in [0.5, 0.6) is 0 Å². The highest BCUT2D eigenvalue weighted by Crippen LogP contribution is 2.28. The normalized spacial score (nSPS) is 15.2. The van der Waals surface area contributed by atoms with Crippen molar-refractivity contribution in [1.82, 2.24) is 9.88 Å². The van der Waals surface area contributed by atoms with Crippen molar-refractivity contribution >= 4 is 33.1 Å². The predicted octanol–water partition coefficient (Wildman–Crippen LogP) is 6.45. The standard InChI is InChI=1S/C27H27N3OS/c1-19-11-13-30(14-12-19)17-22-15-21(7-9-24(22)20-5-3-2-4-6-20)27(31)29-23-8-10-26-25(16-23)28-18-32-26/h2-10,15-16,18-19H,11-14,17H2,1H3,(H,29,31). The molecule has 5 rings (SSSR count). The SMILES string of the molecule is CC1CCN(Cc2cc(C(=O)Nc3ccc4scnc4c3)ccc2-c2ccccc2)CC1. The van der Waals surface area contributed by atoms with Crippen LogP contribution in [0.1, 0.15) is 35.7 Å². The number of carbonyl (C=O) groups excluding carboxylic acids is 1. The summed E-state index contributed by atoms with van der Waals surface area (Å²) in [5.41, 5.74) is 7.78. The number of nitrogens with one attached hydrogen (secondary N) is 1. The van der Waals surface area contributed by atoms with Gasteiger partial charge in [0.1, 0.15) is 0 Å². The molecule has 0 saturated carbocycles. The van der Waals surface area contributed by atoms with Crippen molar-refractivity contribution in [1.29, 1.82) is 0 Å². The van der Waals surface area contributed by atoms with Gasteiger partial charge in [-0.05, 0) is 78.9 Å². The Bertz CT molecular complexity index is 1230. The number of nitrogens with zero attached hydrogens (tertiary/aromatic N) is 2. The number of fused-ring (bicyclic) bond motifs is 1. The second-order valence-electron chi connectivity index (χ2n) is 8.69. The summed E-state index contributed by atoms with van der Waals surface area (Å²) in [7, 11) is 0. The zero-order chi connectivity index (χ0) is 21.9. The number of thiazole rings is 1. The van der Waals surface area contributed by atoms with E-state index in [0.29, 0.717) is 5.56 Å². The molecule has 1 amide bonds. The van der Waals surface area contributed by atoms with Crippen molar-refractivity contribution < 1.29 is 4.79 Å². The van der Waals surface area contributed by atoms with Crippen LogP contribution in [0.2, 0.25) is 0 Å². The van der Waals surface area contributed by atoms with Crippen LogP contribution in [0.4, 0.5) is 5.69 Å². The van der Waals surface area contributed by atoms with E-state index in [0.717, 1.165) is 41.5 Å². The van der Waals surface area contributed by atoms with Crippen molar-refractivity contribution in [2.24, 2.45) is 5.92 Å². The molecule has 1 fully saturated rings. The number of anilines is 1. The first-order valence-electron chi connectivity index (χ1n) is 11.2. The molecule has 4 nitrogen and oxygen atoms in total. The van der Waals surface area contributed by atoms with E-state index in [1.807, 2.05) is 35.8 Å². The maximum absolute atomic E-state index is 13.1. The lowest BCUT2D eigenvalue weighted by Gasteiger charge is -2.31. The van der Waals surface area contributed by atoms with Crippen LogP contribution in [0.3, 0.4) is 0 Å². The molecule has 4 aromatic rings. The lowest BCUT2D eigenvalue weighted by molar-refractivity contribution is 0.102. The Morgan fingerprint density at radius 3 is 2.69 bits per heavy atom. The lowest BCUT2D eigenvalue weighted by atomic mass is 9.95. The summed E-state index contributed by atoms with van der Waals surface area (Å²) in [6.07, 6.45) is 2.47. The third-order valence-electron chi connectivity index (χ3n) is 6.31. The van der Waals surface area contributed by atoms with Gasteiger partial charge in [0.05, 0.1) is 15.7 Å². The Kier molecular flexibility index (Phi) is 6.02. The van der Waals surface area contributed by atoms with Gasteiger partial charge in [0, 0.05) is 17.8 Å². The van der Waals surface area contributed by atoms with E-state index in [2.05, 4.69) is 58.5 Å². The van der Waals surface area contributed by atoms with E-state index in [9.17, 15) is 4.79 Å². The van der Waals surface area contributed by atoms with Crippen molar-refractivity contribution in [2.45, 2.75) is 26.3 Å². The number of benzene rings is 3. The molecule has 32 heavy (non-hydrogen) atoms. The van der Waals surface area contributed by atoms with Gasteiger partial charge in [0.25, 0.3) is 5.91 Å². The van der Waals surface area contributed by atoms with Gasteiger partial charge < -0.3 is 5.32 Å². The molecule has 162 valence electrons. The Morgan fingerprint density at radius 2 is 1.88 bits per heavy atom. The second-order valence-corrected chi connectivity index (χ2v) is 9.57. The van der Waals surface area contributed by atoms with Crippen molar-refractivity contribution in [3.63, 3.8) is 0 Å². The lowest BCUT2D eigenvalue weighted by Crippen LogP contribution is -2.32. The molecular formula is C27H27N3OS. The highest BCUT2D eigenvalue weighted by atomic mass is 32.1.